The number of anilines is 1. The molecule has 2 aromatic rings. The van der Waals surface area contributed by atoms with Crippen molar-refractivity contribution in [1.29, 1.82) is 0 Å². The van der Waals surface area contributed by atoms with Crippen LogP contribution in [0.3, 0.4) is 0 Å². The van der Waals surface area contributed by atoms with Crippen LogP contribution in [0.2, 0.25) is 0 Å². The van der Waals surface area contributed by atoms with E-state index in [0.717, 1.165) is 12.1 Å². The van der Waals surface area contributed by atoms with Gasteiger partial charge in [-0.25, -0.2) is 18.2 Å². The third kappa shape index (κ3) is 3.91. The predicted octanol–water partition coefficient (Wildman–Crippen LogP) is 2.08. The highest BCUT2D eigenvalue weighted by Gasteiger charge is 2.46. The zero-order valence-electron chi connectivity index (χ0n) is 14.2. The fraction of sp³-hybridized carbons (Fsp3) is 0.312. The quantitative estimate of drug-likeness (QED) is 0.817. The van der Waals surface area contributed by atoms with Gasteiger partial charge in [-0.05, 0) is 18.2 Å². The van der Waals surface area contributed by atoms with Crippen molar-refractivity contribution in [2.24, 2.45) is 17.8 Å². The molecule has 27 heavy (non-hydrogen) atoms. The highest BCUT2D eigenvalue weighted by Crippen LogP contribution is 2.37. The summed E-state index contributed by atoms with van der Waals surface area (Å²) in [4.78, 5) is 19.9. The van der Waals surface area contributed by atoms with Gasteiger partial charge in [0.1, 0.15) is 18.3 Å². The summed E-state index contributed by atoms with van der Waals surface area (Å²) in [6.45, 7) is -0.634. The SMILES string of the molecule is Cl.Cn1ccnc1C(=O)Nc1ccc(F)c([C@]2(C(F)F)COCC(N)=N2)c1. The van der Waals surface area contributed by atoms with E-state index in [2.05, 4.69) is 15.3 Å². The summed E-state index contributed by atoms with van der Waals surface area (Å²) in [6.07, 6.45) is -0.0438. The summed E-state index contributed by atoms with van der Waals surface area (Å²) in [6, 6.07) is 3.34. The maximum absolute atomic E-state index is 14.3. The average Bonchev–Trinajstić information content (AvgIpc) is 3.02. The molecule has 0 unspecified atom stereocenters. The maximum atomic E-state index is 14.3. The second-order valence-corrected chi connectivity index (χ2v) is 5.83. The average molecular weight is 404 g/mol. The summed E-state index contributed by atoms with van der Waals surface area (Å²) < 4.78 is 48.4. The van der Waals surface area contributed by atoms with Crippen LogP contribution in [0, 0.1) is 5.82 Å². The number of nitrogens with one attached hydrogen (secondary N) is 1. The van der Waals surface area contributed by atoms with Crippen molar-refractivity contribution in [3.8, 4) is 0 Å². The van der Waals surface area contributed by atoms with Crippen molar-refractivity contribution in [2.45, 2.75) is 12.0 Å². The van der Waals surface area contributed by atoms with Gasteiger partial charge in [0.2, 0.25) is 0 Å². The van der Waals surface area contributed by atoms with E-state index >= 15 is 0 Å². The monoisotopic (exact) mass is 403 g/mol. The molecule has 0 fully saturated rings. The van der Waals surface area contributed by atoms with E-state index in [9.17, 15) is 18.0 Å². The van der Waals surface area contributed by atoms with Crippen LogP contribution in [0.1, 0.15) is 16.2 Å². The molecular formula is C16H17ClF3N5O2. The Labute approximate surface area is 158 Å². The lowest BCUT2D eigenvalue weighted by Gasteiger charge is -2.33. The molecule has 146 valence electrons. The minimum absolute atomic E-state index is 0. The summed E-state index contributed by atoms with van der Waals surface area (Å²) in [5.41, 5.74) is 2.97. The Balaban J connectivity index is 0.00000261. The first-order valence-corrected chi connectivity index (χ1v) is 7.62. The number of halogens is 4. The van der Waals surface area contributed by atoms with Crippen molar-refractivity contribution < 1.29 is 22.7 Å². The molecule has 1 amide bonds. The minimum Gasteiger partial charge on any atom is -0.385 e. The zero-order chi connectivity index (χ0) is 18.9. The van der Waals surface area contributed by atoms with E-state index in [0.29, 0.717) is 0 Å². The molecule has 0 bridgehead atoms. The summed E-state index contributed by atoms with van der Waals surface area (Å²) in [5.74, 6) is -1.51. The molecule has 0 saturated carbocycles. The van der Waals surface area contributed by atoms with Crippen molar-refractivity contribution in [2.75, 3.05) is 18.5 Å². The Kier molecular flexibility index (Phi) is 6.11. The van der Waals surface area contributed by atoms with E-state index in [-0.39, 0.29) is 36.4 Å². The van der Waals surface area contributed by atoms with Gasteiger partial charge in [-0.3, -0.25) is 9.79 Å². The molecular weight excluding hydrogens is 387 g/mol. The number of ether oxygens (including phenoxy) is 1. The van der Waals surface area contributed by atoms with Gasteiger partial charge in [-0.15, -0.1) is 12.4 Å². The van der Waals surface area contributed by atoms with Gasteiger partial charge in [-0.1, -0.05) is 0 Å². The predicted molar refractivity (Wildman–Crippen MR) is 94.9 cm³/mol. The number of amidine groups is 1. The molecule has 1 aromatic heterocycles. The number of nitrogens with zero attached hydrogens (tertiary/aromatic N) is 3. The van der Waals surface area contributed by atoms with E-state index in [1.165, 1.54) is 16.8 Å². The largest absolute Gasteiger partial charge is 0.385 e. The second kappa shape index (κ2) is 7.97. The van der Waals surface area contributed by atoms with Gasteiger partial charge in [0.15, 0.2) is 11.4 Å². The normalized spacial score (nSPS) is 19.4. The first-order chi connectivity index (χ1) is 12.3. The molecule has 2 heterocycles. The fourth-order valence-electron chi connectivity index (χ4n) is 2.71. The second-order valence-electron chi connectivity index (χ2n) is 5.83. The van der Waals surface area contributed by atoms with E-state index < -0.39 is 35.9 Å². The molecule has 3 N–H and O–H groups in total. The number of imidazole rings is 1. The van der Waals surface area contributed by atoms with Crippen molar-refractivity contribution in [3.63, 3.8) is 0 Å². The molecule has 1 aliphatic heterocycles. The van der Waals surface area contributed by atoms with Crippen LogP contribution in [0.25, 0.3) is 0 Å². The van der Waals surface area contributed by atoms with Crippen LogP contribution in [0.5, 0.6) is 0 Å². The lowest BCUT2D eigenvalue weighted by molar-refractivity contribution is -0.0145. The van der Waals surface area contributed by atoms with Gasteiger partial charge >= 0.3 is 0 Å². The summed E-state index contributed by atoms with van der Waals surface area (Å²) in [5, 5.41) is 2.50. The van der Waals surface area contributed by atoms with Gasteiger partial charge in [0.25, 0.3) is 12.3 Å². The standard InChI is InChI=1S/C16H16F3N5O2.ClH/c1-24-5-4-21-13(24)14(25)22-9-2-3-11(17)10(6-9)16(15(18)19)8-26-7-12(20)23-16;/h2-6,15H,7-8H2,1H3,(H2,20,23)(H,22,25);1H/t16-;/m0./s1. The number of aromatic nitrogens is 2. The Morgan fingerprint density at radius 1 is 1.44 bits per heavy atom. The third-order valence-electron chi connectivity index (χ3n) is 3.99. The number of nitrogens with two attached hydrogens (primary N) is 1. The molecule has 0 spiro atoms. The number of carbonyl (C=O) groups is 1. The van der Waals surface area contributed by atoms with Crippen LogP contribution in [-0.2, 0) is 17.3 Å². The lowest BCUT2D eigenvalue weighted by atomic mass is 9.90. The number of amides is 1. The Morgan fingerprint density at radius 3 is 2.78 bits per heavy atom. The number of alkyl halides is 2. The Morgan fingerprint density at radius 2 is 2.19 bits per heavy atom. The molecule has 0 aliphatic carbocycles. The van der Waals surface area contributed by atoms with E-state index in [1.807, 2.05) is 0 Å². The summed E-state index contributed by atoms with van der Waals surface area (Å²) >= 11 is 0. The highest BCUT2D eigenvalue weighted by atomic mass is 35.5. The molecule has 0 saturated heterocycles. The highest BCUT2D eigenvalue weighted by molar-refractivity contribution is 6.01. The number of aryl methyl sites for hydroxylation is 1. The Hall–Kier alpha value is -2.59. The topological polar surface area (TPSA) is 94.5 Å². The van der Waals surface area contributed by atoms with Crippen molar-refractivity contribution >= 4 is 29.8 Å². The molecule has 11 heteroatoms. The number of hydrogen-bond acceptors (Lipinski definition) is 5. The molecule has 1 atom stereocenters. The number of hydrogen-bond donors (Lipinski definition) is 2. The number of benzene rings is 1. The molecule has 1 aromatic carbocycles. The zero-order valence-corrected chi connectivity index (χ0v) is 15.0. The number of rotatable bonds is 4. The van der Waals surface area contributed by atoms with Gasteiger partial charge in [0.05, 0.1) is 6.61 Å². The molecule has 3 rings (SSSR count). The molecule has 0 radical (unpaired) electrons. The van der Waals surface area contributed by atoms with E-state index in [1.54, 1.807) is 13.2 Å². The number of carbonyl (C=O) groups excluding carboxylic acids is 1. The molecule has 7 nitrogen and oxygen atoms in total. The Bertz CT molecular complexity index is 873. The van der Waals surface area contributed by atoms with E-state index in [4.69, 9.17) is 10.5 Å². The van der Waals surface area contributed by atoms with Crippen LogP contribution in [0.15, 0.2) is 35.6 Å². The third-order valence-corrected chi connectivity index (χ3v) is 3.99. The fourth-order valence-corrected chi connectivity index (χ4v) is 2.71. The summed E-state index contributed by atoms with van der Waals surface area (Å²) in [7, 11) is 1.63. The smallest absolute Gasteiger partial charge is 0.291 e. The van der Waals surface area contributed by atoms with Crippen LogP contribution >= 0.6 is 12.4 Å². The van der Waals surface area contributed by atoms with Gasteiger partial charge in [-0.2, -0.15) is 0 Å². The van der Waals surface area contributed by atoms with Crippen LogP contribution in [-0.4, -0.2) is 40.9 Å². The van der Waals surface area contributed by atoms with Gasteiger partial charge in [0, 0.05) is 30.7 Å². The van der Waals surface area contributed by atoms with Crippen molar-refractivity contribution in [1.82, 2.24) is 9.55 Å². The number of aliphatic imine (C=N–C) groups is 1. The van der Waals surface area contributed by atoms with Gasteiger partial charge < -0.3 is 20.4 Å². The van der Waals surface area contributed by atoms with Crippen LogP contribution in [0.4, 0.5) is 18.9 Å². The minimum atomic E-state index is -3.06. The van der Waals surface area contributed by atoms with Crippen molar-refractivity contribution in [3.05, 3.63) is 47.8 Å². The lowest BCUT2D eigenvalue weighted by Crippen LogP contribution is -2.45. The maximum Gasteiger partial charge on any atom is 0.291 e. The van der Waals surface area contributed by atoms with Crippen LogP contribution < -0.4 is 11.1 Å². The first kappa shape index (κ1) is 20.7. The molecule has 1 aliphatic rings. The first-order valence-electron chi connectivity index (χ1n) is 7.62.